The van der Waals surface area contributed by atoms with Gasteiger partial charge in [0, 0.05) is 0 Å². The molecule has 0 unspecified atom stereocenters. The lowest BCUT2D eigenvalue weighted by Crippen LogP contribution is -2.49. The Morgan fingerprint density at radius 3 is 1.47 bits per heavy atom. The highest BCUT2D eigenvalue weighted by Crippen LogP contribution is 2.11. The van der Waals surface area contributed by atoms with E-state index in [4.69, 9.17) is 47.1 Å². The highest BCUT2D eigenvalue weighted by Gasteiger charge is 2.21. The van der Waals surface area contributed by atoms with Crippen molar-refractivity contribution in [3.8, 4) is 5.75 Å². The van der Waals surface area contributed by atoms with Crippen molar-refractivity contribution >= 4 is 68.9 Å². The highest BCUT2D eigenvalue weighted by atomic mass is 16.3. The Morgan fingerprint density at radius 1 is 0.867 bits per heavy atom. The van der Waals surface area contributed by atoms with Crippen LogP contribution in [0.3, 0.4) is 0 Å². The number of aromatic hydroxyl groups is 1. The molecule has 0 amide bonds. The van der Waals surface area contributed by atoms with E-state index >= 15 is 0 Å². The molecular weight excluding hydrogens is 177 g/mol. The van der Waals surface area contributed by atoms with Gasteiger partial charge in [-0.05, 0) is 0 Å². The minimum atomic E-state index is -1.27. The average Bonchev–Trinajstić information content (AvgIpc) is 2.09. The summed E-state index contributed by atoms with van der Waals surface area (Å²) in [5, 5.41) is 8.19. The zero-order valence-electron chi connectivity index (χ0n) is 8.41. The predicted octanol–water partition coefficient (Wildman–Crippen LogP) is -3.92. The average molecular weight is 181 g/mol. The molecule has 0 aliphatic rings. The maximum Gasteiger partial charge on any atom is 0.118 e. The Morgan fingerprint density at radius 2 is 1.20 bits per heavy atom. The number of rotatable bonds is 1. The molecule has 0 bridgehead atoms. The second kappa shape index (κ2) is 3.77. The zero-order chi connectivity index (χ0) is 12.0. The number of phenols is 1. The topological polar surface area (TPSA) is 20.2 Å². The summed E-state index contributed by atoms with van der Waals surface area (Å²) in [6, 6.07) is 0. The molecule has 1 rings (SSSR count). The van der Waals surface area contributed by atoms with Crippen molar-refractivity contribution in [2.45, 2.75) is 12.1 Å². The molecule has 0 spiro atoms. The molecule has 1 aromatic rings. The van der Waals surface area contributed by atoms with E-state index in [0.717, 1.165) is 0 Å². The number of benzene rings is 1. The van der Waals surface area contributed by atoms with Gasteiger partial charge in [0.25, 0.3) is 0 Å². The van der Waals surface area contributed by atoms with E-state index in [1.165, 1.54) is 6.92 Å². The van der Waals surface area contributed by atoms with Gasteiger partial charge < -0.3 is 5.11 Å². The fourth-order valence-electron chi connectivity index (χ4n) is 1.39. The predicted molar refractivity (Wildman–Crippen MR) is 68.5 cm³/mol. The van der Waals surface area contributed by atoms with Crippen molar-refractivity contribution in [3.05, 3.63) is 5.56 Å². The summed E-state index contributed by atoms with van der Waals surface area (Å²) in [5.74, 6) is -0.349. The van der Waals surface area contributed by atoms with Crippen LogP contribution >= 0.6 is 0 Å². The summed E-state index contributed by atoms with van der Waals surface area (Å²) in [6.07, 6.45) is 0. The minimum Gasteiger partial charge on any atom is -0.509 e. The maximum absolute atomic E-state index is 9.47. The summed E-state index contributed by atoms with van der Waals surface area (Å²) in [4.78, 5) is 0. The molecule has 0 heterocycles. The van der Waals surface area contributed by atoms with E-state index in [-0.39, 0.29) is 33.2 Å². The molecule has 0 saturated carbocycles. The van der Waals surface area contributed by atoms with Crippen LogP contribution in [0.5, 0.6) is 5.75 Å². The Kier molecular flexibility index (Phi) is 3.13. The third-order valence-electron chi connectivity index (χ3n) is 2.17. The first-order valence-electron chi connectivity index (χ1n) is 4.21. The lowest BCUT2D eigenvalue weighted by atomic mass is 9.47. The first-order valence-corrected chi connectivity index (χ1v) is 4.21. The fraction of sp³-hybridized carbons (Fsp3) is 0.250. The lowest BCUT2D eigenvalue weighted by molar-refractivity contribution is 0.484. The van der Waals surface area contributed by atoms with Crippen molar-refractivity contribution in [2.75, 3.05) is 0 Å². The van der Waals surface area contributed by atoms with Crippen LogP contribution in [0.25, 0.3) is 0 Å². The van der Waals surface area contributed by atoms with E-state index in [1.807, 2.05) is 0 Å². The van der Waals surface area contributed by atoms with Crippen LogP contribution < -0.4 is 21.9 Å². The molecule has 1 aromatic carbocycles. The zero-order valence-corrected chi connectivity index (χ0v) is 8.41. The molecule has 7 heteroatoms. The molecule has 1 nitrogen and oxygen atoms in total. The normalized spacial score (nSPS) is 11.5. The lowest BCUT2D eigenvalue weighted by Gasteiger charge is -2.29. The summed E-state index contributed by atoms with van der Waals surface area (Å²) >= 11 is 0. The third kappa shape index (κ3) is 2.02. The smallest absolute Gasteiger partial charge is 0.118 e. The standard InChI is InChI=1S/C8H4B6O/c1-8(13,14)2-3(9)5(11)7(15)6(12)4(2)10/h15H,1H3. The molecule has 15 heavy (non-hydrogen) atoms. The largest absolute Gasteiger partial charge is 0.509 e. The summed E-state index contributed by atoms with van der Waals surface area (Å²) in [7, 11) is 33.7. The molecule has 0 saturated heterocycles. The van der Waals surface area contributed by atoms with Gasteiger partial charge >= 0.3 is 0 Å². The second-order valence-electron chi connectivity index (χ2n) is 3.66. The molecule has 12 radical (unpaired) electrons. The molecule has 0 aliphatic carbocycles. The van der Waals surface area contributed by atoms with Gasteiger partial charge in [0.15, 0.2) is 0 Å². The molecule has 0 aliphatic heterocycles. The maximum atomic E-state index is 9.47. The number of hydrogen-bond donors (Lipinski definition) is 1. The van der Waals surface area contributed by atoms with Crippen LogP contribution in [-0.4, -0.2) is 52.2 Å². The van der Waals surface area contributed by atoms with Crippen LogP contribution in [-0.2, 0) is 5.21 Å². The van der Waals surface area contributed by atoms with Gasteiger partial charge in [-0.15, -0.1) is 0 Å². The van der Waals surface area contributed by atoms with Gasteiger partial charge in [-0.3, -0.25) is 0 Å². The van der Waals surface area contributed by atoms with E-state index in [9.17, 15) is 5.11 Å². The Labute approximate surface area is 97.9 Å². The molecule has 1 N–H and O–H groups in total. The van der Waals surface area contributed by atoms with Crippen LogP contribution in [0, 0.1) is 0 Å². The monoisotopic (exact) mass is 182 g/mol. The minimum absolute atomic E-state index is 0.0479. The SMILES string of the molecule is [B]c1c([B])c(C([B])([B])C)c([B])c([B])c1O. The summed E-state index contributed by atoms with van der Waals surface area (Å²) in [6.45, 7) is 1.50. The quantitative estimate of drug-likeness (QED) is 0.439. The van der Waals surface area contributed by atoms with E-state index < -0.39 is 5.21 Å². The Bertz CT molecular complexity index is 380. The fourth-order valence-corrected chi connectivity index (χ4v) is 1.39. The molecular formula is C8H4B6O. The highest BCUT2D eigenvalue weighted by molar-refractivity contribution is 6.60. The van der Waals surface area contributed by atoms with Crippen molar-refractivity contribution in [1.29, 1.82) is 0 Å². The third-order valence-corrected chi connectivity index (χ3v) is 2.17. The van der Waals surface area contributed by atoms with Crippen LogP contribution in [0.4, 0.5) is 0 Å². The van der Waals surface area contributed by atoms with Crippen molar-refractivity contribution in [1.82, 2.24) is 0 Å². The Hall–Kier alpha value is -0.590. The van der Waals surface area contributed by atoms with Crippen molar-refractivity contribution < 1.29 is 5.11 Å². The van der Waals surface area contributed by atoms with E-state index in [0.29, 0.717) is 0 Å². The van der Waals surface area contributed by atoms with Gasteiger partial charge in [-0.2, -0.15) is 0 Å². The van der Waals surface area contributed by atoms with E-state index in [2.05, 4.69) is 0 Å². The van der Waals surface area contributed by atoms with Gasteiger partial charge in [0.2, 0.25) is 0 Å². The van der Waals surface area contributed by atoms with Gasteiger partial charge in [-0.1, -0.05) is 39.6 Å². The number of hydrogen-bond acceptors (Lipinski definition) is 1. The van der Waals surface area contributed by atoms with Gasteiger partial charge in [-0.25, -0.2) is 0 Å². The Balaban J connectivity index is 3.68. The molecule has 60 valence electrons. The van der Waals surface area contributed by atoms with Crippen LogP contribution in [0.15, 0.2) is 0 Å². The van der Waals surface area contributed by atoms with Crippen LogP contribution in [0.1, 0.15) is 12.5 Å². The molecule has 0 fully saturated rings. The van der Waals surface area contributed by atoms with Gasteiger partial charge in [0.1, 0.15) is 31.4 Å². The van der Waals surface area contributed by atoms with E-state index in [1.54, 1.807) is 0 Å². The van der Waals surface area contributed by atoms with Crippen molar-refractivity contribution in [3.63, 3.8) is 0 Å². The molecule has 0 aromatic heterocycles. The van der Waals surface area contributed by atoms with Crippen molar-refractivity contribution in [2.24, 2.45) is 0 Å². The van der Waals surface area contributed by atoms with Crippen LogP contribution in [0.2, 0.25) is 0 Å². The first kappa shape index (κ1) is 12.5. The second-order valence-corrected chi connectivity index (χ2v) is 3.66. The summed E-state index contributed by atoms with van der Waals surface area (Å²) < 4.78 is 0. The summed E-state index contributed by atoms with van der Waals surface area (Å²) in [5.41, 5.74) is 0.186. The van der Waals surface area contributed by atoms with Gasteiger partial charge in [0.05, 0.1) is 21.4 Å². The number of phenolic OH excluding ortho intramolecular Hbond substituents is 1. The first-order chi connectivity index (χ1) is 6.68. The molecule has 0 atom stereocenters.